The highest BCUT2D eigenvalue weighted by Gasteiger charge is 2.03. The normalized spacial score (nSPS) is 10.4. The number of hydrogen-bond donors (Lipinski definition) is 2. The van der Waals surface area contributed by atoms with Crippen LogP contribution in [0, 0.1) is 5.92 Å². The van der Waals surface area contributed by atoms with Gasteiger partial charge in [-0.05, 0) is 30.2 Å². The number of nitrogens with two attached hydrogens (primary N) is 1. The summed E-state index contributed by atoms with van der Waals surface area (Å²) in [5, 5.41) is 2.73. The van der Waals surface area contributed by atoms with Crippen LogP contribution >= 0.6 is 12.2 Å². The standard InChI is InChI=1S/C15H22N2O3S/c1-11(2)9-19-8-7-17-14(18)10-20-13-5-3-12(4-6-13)15(16)21/h3-6,11H,7-10H2,1-2H3,(H2,16,21)(H,17,18). The van der Waals surface area contributed by atoms with E-state index in [4.69, 9.17) is 27.4 Å². The lowest BCUT2D eigenvalue weighted by molar-refractivity contribution is -0.123. The number of ether oxygens (including phenoxy) is 2. The van der Waals surface area contributed by atoms with E-state index in [2.05, 4.69) is 19.2 Å². The third-order valence-corrected chi connectivity index (χ3v) is 2.76. The van der Waals surface area contributed by atoms with Crippen LogP contribution < -0.4 is 15.8 Å². The van der Waals surface area contributed by atoms with E-state index in [1.807, 2.05) is 0 Å². The number of rotatable bonds is 9. The van der Waals surface area contributed by atoms with E-state index in [1.165, 1.54) is 0 Å². The van der Waals surface area contributed by atoms with Crippen molar-refractivity contribution in [2.75, 3.05) is 26.4 Å². The average molecular weight is 310 g/mol. The molecule has 0 fully saturated rings. The Morgan fingerprint density at radius 2 is 2.00 bits per heavy atom. The monoisotopic (exact) mass is 310 g/mol. The summed E-state index contributed by atoms with van der Waals surface area (Å²) in [6.45, 7) is 5.81. The van der Waals surface area contributed by atoms with E-state index in [9.17, 15) is 4.79 Å². The molecule has 0 aromatic heterocycles. The van der Waals surface area contributed by atoms with Crippen LogP contribution in [0.5, 0.6) is 5.75 Å². The zero-order valence-corrected chi connectivity index (χ0v) is 13.2. The molecule has 0 atom stereocenters. The van der Waals surface area contributed by atoms with Crippen LogP contribution in [0.2, 0.25) is 0 Å². The number of carbonyl (C=O) groups excluding carboxylic acids is 1. The van der Waals surface area contributed by atoms with Crippen molar-refractivity contribution in [1.29, 1.82) is 0 Å². The summed E-state index contributed by atoms with van der Waals surface area (Å²) in [6.07, 6.45) is 0. The van der Waals surface area contributed by atoms with Crippen LogP contribution in [0.4, 0.5) is 0 Å². The summed E-state index contributed by atoms with van der Waals surface area (Å²) >= 11 is 4.86. The quantitative estimate of drug-likeness (QED) is 0.534. The van der Waals surface area contributed by atoms with Crippen molar-refractivity contribution in [2.45, 2.75) is 13.8 Å². The number of hydrogen-bond acceptors (Lipinski definition) is 4. The number of thiocarbonyl (C=S) groups is 1. The summed E-state index contributed by atoms with van der Waals surface area (Å²) < 4.78 is 10.7. The van der Waals surface area contributed by atoms with Gasteiger partial charge in [0.05, 0.1) is 6.61 Å². The molecular weight excluding hydrogens is 288 g/mol. The second kappa shape index (κ2) is 9.31. The molecule has 0 saturated carbocycles. The summed E-state index contributed by atoms with van der Waals surface area (Å²) in [5.74, 6) is 0.913. The predicted molar refractivity (Wildman–Crippen MR) is 86.5 cm³/mol. The van der Waals surface area contributed by atoms with Gasteiger partial charge in [0.2, 0.25) is 0 Å². The maximum atomic E-state index is 11.6. The lowest BCUT2D eigenvalue weighted by Gasteiger charge is -2.09. The third kappa shape index (κ3) is 7.63. The topological polar surface area (TPSA) is 73.6 Å². The van der Waals surface area contributed by atoms with E-state index in [0.29, 0.717) is 36.4 Å². The van der Waals surface area contributed by atoms with Crippen molar-refractivity contribution in [1.82, 2.24) is 5.32 Å². The van der Waals surface area contributed by atoms with Crippen LogP contribution in [0.3, 0.4) is 0 Å². The second-order valence-corrected chi connectivity index (χ2v) is 5.44. The molecule has 3 N–H and O–H groups in total. The molecule has 0 bridgehead atoms. The van der Waals surface area contributed by atoms with Gasteiger partial charge in [-0.25, -0.2) is 0 Å². The number of amides is 1. The van der Waals surface area contributed by atoms with Gasteiger partial charge in [-0.15, -0.1) is 0 Å². The van der Waals surface area contributed by atoms with E-state index in [1.54, 1.807) is 24.3 Å². The maximum absolute atomic E-state index is 11.6. The fourth-order valence-electron chi connectivity index (χ4n) is 1.50. The first-order valence-corrected chi connectivity index (χ1v) is 7.27. The minimum Gasteiger partial charge on any atom is -0.484 e. The summed E-state index contributed by atoms with van der Waals surface area (Å²) in [5.41, 5.74) is 6.27. The molecule has 1 aromatic rings. The molecule has 0 heterocycles. The fourth-order valence-corrected chi connectivity index (χ4v) is 1.63. The van der Waals surface area contributed by atoms with Gasteiger partial charge in [-0.3, -0.25) is 4.79 Å². The minimum atomic E-state index is -0.179. The van der Waals surface area contributed by atoms with Gasteiger partial charge in [0, 0.05) is 18.7 Å². The summed E-state index contributed by atoms with van der Waals surface area (Å²) in [7, 11) is 0. The maximum Gasteiger partial charge on any atom is 0.258 e. The summed E-state index contributed by atoms with van der Waals surface area (Å²) in [6, 6.07) is 6.98. The van der Waals surface area contributed by atoms with E-state index in [-0.39, 0.29) is 12.5 Å². The Hall–Kier alpha value is -1.66. The molecule has 0 spiro atoms. The Morgan fingerprint density at radius 1 is 1.33 bits per heavy atom. The van der Waals surface area contributed by atoms with Crippen LogP contribution in [0.25, 0.3) is 0 Å². The molecule has 0 aliphatic heterocycles. The van der Waals surface area contributed by atoms with Crippen molar-refractivity contribution in [3.8, 4) is 5.75 Å². The largest absolute Gasteiger partial charge is 0.484 e. The molecule has 1 amide bonds. The molecule has 0 radical (unpaired) electrons. The minimum absolute atomic E-state index is 0.0312. The molecule has 1 aromatic carbocycles. The molecule has 6 heteroatoms. The smallest absolute Gasteiger partial charge is 0.258 e. The highest BCUT2D eigenvalue weighted by molar-refractivity contribution is 7.80. The molecule has 21 heavy (non-hydrogen) atoms. The van der Waals surface area contributed by atoms with Crippen molar-refractivity contribution < 1.29 is 14.3 Å². The molecule has 5 nitrogen and oxygen atoms in total. The molecule has 0 aliphatic rings. The number of carbonyl (C=O) groups is 1. The molecule has 0 unspecified atom stereocenters. The van der Waals surface area contributed by atoms with E-state index < -0.39 is 0 Å². The van der Waals surface area contributed by atoms with Crippen LogP contribution in [0.15, 0.2) is 24.3 Å². The van der Waals surface area contributed by atoms with Crippen molar-refractivity contribution >= 4 is 23.1 Å². The lowest BCUT2D eigenvalue weighted by Crippen LogP contribution is -2.31. The zero-order chi connectivity index (χ0) is 15.7. The highest BCUT2D eigenvalue weighted by Crippen LogP contribution is 2.11. The highest BCUT2D eigenvalue weighted by atomic mass is 32.1. The van der Waals surface area contributed by atoms with E-state index in [0.717, 1.165) is 5.56 Å². The number of nitrogens with one attached hydrogen (secondary N) is 1. The second-order valence-electron chi connectivity index (χ2n) is 5.00. The SMILES string of the molecule is CC(C)COCCNC(=O)COc1ccc(C(N)=S)cc1. The van der Waals surface area contributed by atoms with Crippen molar-refractivity contribution in [3.05, 3.63) is 29.8 Å². The predicted octanol–water partition coefficient (Wildman–Crippen LogP) is 1.49. The Bertz CT molecular complexity index is 460. The molecule has 0 aliphatic carbocycles. The Labute approximate surface area is 130 Å². The van der Waals surface area contributed by atoms with Gasteiger partial charge in [-0.2, -0.15) is 0 Å². The average Bonchev–Trinajstić information content (AvgIpc) is 2.44. The van der Waals surface area contributed by atoms with E-state index >= 15 is 0 Å². The molecule has 116 valence electrons. The number of benzene rings is 1. The van der Waals surface area contributed by atoms with Crippen LogP contribution in [-0.2, 0) is 9.53 Å². The summed E-state index contributed by atoms with van der Waals surface area (Å²) in [4.78, 5) is 11.9. The first-order chi connectivity index (χ1) is 9.99. The van der Waals surface area contributed by atoms with Crippen LogP contribution in [-0.4, -0.2) is 37.3 Å². The van der Waals surface area contributed by atoms with Gasteiger partial charge in [-0.1, -0.05) is 26.1 Å². The Morgan fingerprint density at radius 3 is 2.57 bits per heavy atom. The van der Waals surface area contributed by atoms with Gasteiger partial charge in [0.25, 0.3) is 5.91 Å². The Balaban J connectivity index is 2.19. The van der Waals surface area contributed by atoms with Gasteiger partial charge >= 0.3 is 0 Å². The van der Waals surface area contributed by atoms with Gasteiger partial charge in [0.15, 0.2) is 6.61 Å². The van der Waals surface area contributed by atoms with Gasteiger partial charge < -0.3 is 20.5 Å². The molecular formula is C15H22N2O3S. The van der Waals surface area contributed by atoms with Crippen molar-refractivity contribution in [2.24, 2.45) is 11.7 Å². The molecule has 0 saturated heterocycles. The first kappa shape index (κ1) is 17.4. The third-order valence-electron chi connectivity index (χ3n) is 2.53. The lowest BCUT2D eigenvalue weighted by atomic mass is 10.2. The van der Waals surface area contributed by atoms with Crippen molar-refractivity contribution in [3.63, 3.8) is 0 Å². The Kier molecular flexibility index (Phi) is 7.71. The zero-order valence-electron chi connectivity index (χ0n) is 12.4. The fraction of sp³-hybridized carbons (Fsp3) is 0.467. The molecule has 1 rings (SSSR count). The first-order valence-electron chi connectivity index (χ1n) is 6.86. The van der Waals surface area contributed by atoms with Crippen LogP contribution in [0.1, 0.15) is 19.4 Å². The van der Waals surface area contributed by atoms with Gasteiger partial charge in [0.1, 0.15) is 10.7 Å².